The molecular formula is C10H8ClNO3. The zero-order chi connectivity index (χ0) is 10.8. The van der Waals surface area contributed by atoms with Crippen molar-refractivity contribution in [2.75, 3.05) is 0 Å². The number of carboxylic acids is 1. The summed E-state index contributed by atoms with van der Waals surface area (Å²) in [7, 11) is 0. The molecule has 0 saturated carbocycles. The molecule has 4 nitrogen and oxygen atoms in total. The summed E-state index contributed by atoms with van der Waals surface area (Å²) in [4.78, 5) is 15.6. The molecule has 1 unspecified atom stereocenters. The average molecular weight is 226 g/mol. The van der Waals surface area contributed by atoms with Crippen LogP contribution in [0.5, 0.6) is 0 Å². The Labute approximate surface area is 91.1 Å². The molecule has 78 valence electrons. The summed E-state index contributed by atoms with van der Waals surface area (Å²) in [5.41, 5.74) is 0.925. The molecule has 0 aliphatic carbocycles. The number of carboxylic acid groups (broad SMARTS) is 1. The van der Waals surface area contributed by atoms with Gasteiger partial charge in [-0.3, -0.25) is 0 Å². The van der Waals surface area contributed by atoms with Crippen LogP contribution in [-0.4, -0.2) is 16.8 Å². The molecule has 1 heterocycles. The first-order chi connectivity index (χ1) is 7.16. The molecule has 0 spiro atoms. The Morgan fingerprint density at radius 1 is 1.47 bits per heavy atom. The third kappa shape index (κ3) is 2.10. The Morgan fingerprint density at radius 3 is 2.67 bits per heavy atom. The number of halogens is 1. The molecule has 1 atom stereocenters. The second-order valence-corrected chi connectivity index (χ2v) is 3.63. The maximum atomic E-state index is 10.6. The van der Waals surface area contributed by atoms with Gasteiger partial charge in [0.25, 0.3) is 0 Å². The van der Waals surface area contributed by atoms with E-state index in [9.17, 15) is 4.79 Å². The van der Waals surface area contributed by atoms with Gasteiger partial charge >= 0.3 is 5.97 Å². The van der Waals surface area contributed by atoms with Crippen molar-refractivity contribution in [1.29, 1.82) is 0 Å². The third-order valence-corrected chi connectivity index (χ3v) is 2.41. The minimum atomic E-state index is -1.04. The van der Waals surface area contributed by atoms with Crippen LogP contribution in [0.25, 0.3) is 0 Å². The van der Waals surface area contributed by atoms with E-state index in [0.717, 1.165) is 5.56 Å². The van der Waals surface area contributed by atoms with Gasteiger partial charge in [0.1, 0.15) is 0 Å². The zero-order valence-corrected chi connectivity index (χ0v) is 8.44. The minimum absolute atomic E-state index is 0.0509. The molecule has 15 heavy (non-hydrogen) atoms. The number of hydrogen-bond acceptors (Lipinski definition) is 3. The Morgan fingerprint density at radius 2 is 2.13 bits per heavy atom. The highest BCUT2D eigenvalue weighted by Gasteiger charge is 2.26. The number of rotatable bonds is 2. The van der Waals surface area contributed by atoms with Crippen LogP contribution in [-0.2, 0) is 9.63 Å². The van der Waals surface area contributed by atoms with Gasteiger partial charge in [-0.25, -0.2) is 4.79 Å². The van der Waals surface area contributed by atoms with E-state index in [0.29, 0.717) is 5.02 Å². The predicted octanol–water partition coefficient (Wildman–Crippen LogP) is 2.24. The summed E-state index contributed by atoms with van der Waals surface area (Å²) in [6, 6.07) is 7.07. The molecule has 0 saturated heterocycles. The van der Waals surface area contributed by atoms with Crippen molar-refractivity contribution >= 4 is 23.3 Å². The molecule has 2 rings (SSSR count). The largest absolute Gasteiger partial charge is 0.477 e. The van der Waals surface area contributed by atoms with Gasteiger partial charge in [0.2, 0.25) is 0 Å². The normalized spacial score (nSPS) is 19.5. The number of benzene rings is 1. The van der Waals surface area contributed by atoms with Gasteiger partial charge in [-0.1, -0.05) is 28.9 Å². The summed E-state index contributed by atoms with van der Waals surface area (Å²) in [6.45, 7) is 0. The molecule has 0 fully saturated rings. The monoisotopic (exact) mass is 225 g/mol. The van der Waals surface area contributed by atoms with Gasteiger partial charge in [0, 0.05) is 11.4 Å². The third-order valence-electron chi connectivity index (χ3n) is 2.16. The van der Waals surface area contributed by atoms with E-state index in [2.05, 4.69) is 5.16 Å². The van der Waals surface area contributed by atoms with E-state index >= 15 is 0 Å². The topological polar surface area (TPSA) is 58.9 Å². The molecule has 0 radical (unpaired) electrons. The van der Waals surface area contributed by atoms with Crippen LogP contribution in [0, 0.1) is 0 Å². The average Bonchev–Trinajstić information content (AvgIpc) is 2.68. The maximum absolute atomic E-state index is 10.6. The molecular weight excluding hydrogens is 218 g/mol. The summed E-state index contributed by atoms with van der Waals surface area (Å²) in [6.07, 6.45) is -0.0230. The molecule has 1 aromatic carbocycles. The van der Waals surface area contributed by atoms with Gasteiger partial charge in [0.15, 0.2) is 11.8 Å². The molecule has 0 bridgehead atoms. The van der Waals surface area contributed by atoms with E-state index in [1.807, 2.05) is 0 Å². The summed E-state index contributed by atoms with van der Waals surface area (Å²) >= 11 is 5.73. The Hall–Kier alpha value is -1.55. The van der Waals surface area contributed by atoms with Gasteiger partial charge in [-0.2, -0.15) is 0 Å². The van der Waals surface area contributed by atoms with Crippen LogP contribution in [0.1, 0.15) is 18.1 Å². The van der Waals surface area contributed by atoms with Crippen LogP contribution in [0.3, 0.4) is 0 Å². The van der Waals surface area contributed by atoms with E-state index in [1.54, 1.807) is 24.3 Å². The van der Waals surface area contributed by atoms with E-state index < -0.39 is 5.97 Å². The zero-order valence-electron chi connectivity index (χ0n) is 7.68. The molecule has 1 aliphatic rings. The second kappa shape index (κ2) is 3.90. The second-order valence-electron chi connectivity index (χ2n) is 3.19. The van der Waals surface area contributed by atoms with Crippen LogP contribution < -0.4 is 0 Å². The fraction of sp³-hybridized carbons (Fsp3) is 0.200. The highest BCUT2D eigenvalue weighted by molar-refractivity contribution is 6.35. The fourth-order valence-corrected chi connectivity index (χ4v) is 1.49. The first-order valence-electron chi connectivity index (χ1n) is 4.38. The quantitative estimate of drug-likeness (QED) is 0.840. The van der Waals surface area contributed by atoms with Crippen molar-refractivity contribution in [2.45, 2.75) is 12.5 Å². The van der Waals surface area contributed by atoms with E-state index in [4.69, 9.17) is 21.5 Å². The van der Waals surface area contributed by atoms with Crippen molar-refractivity contribution < 1.29 is 14.7 Å². The molecule has 1 N–H and O–H groups in total. The standard InChI is InChI=1S/C10H8ClNO3/c11-7-3-1-6(2-4-7)9-5-8(10(13)14)12-15-9/h1-4,9H,5H2,(H,13,14). The predicted molar refractivity (Wildman–Crippen MR) is 55.0 cm³/mol. The highest BCUT2D eigenvalue weighted by atomic mass is 35.5. The van der Waals surface area contributed by atoms with Gasteiger partial charge < -0.3 is 9.94 Å². The number of hydrogen-bond donors (Lipinski definition) is 1. The van der Waals surface area contributed by atoms with E-state index in [1.165, 1.54) is 0 Å². The molecule has 1 aromatic rings. The summed E-state index contributed by atoms with van der Waals surface area (Å²) in [5, 5.41) is 12.8. The Bertz CT molecular complexity index is 413. The smallest absolute Gasteiger partial charge is 0.353 e. The molecule has 5 heteroatoms. The lowest BCUT2D eigenvalue weighted by Crippen LogP contribution is -2.11. The minimum Gasteiger partial charge on any atom is -0.477 e. The van der Waals surface area contributed by atoms with Gasteiger partial charge in [-0.05, 0) is 17.7 Å². The van der Waals surface area contributed by atoms with Crippen LogP contribution in [0.4, 0.5) is 0 Å². The van der Waals surface area contributed by atoms with Crippen molar-refractivity contribution in [3.63, 3.8) is 0 Å². The van der Waals surface area contributed by atoms with Crippen molar-refractivity contribution in [3.8, 4) is 0 Å². The first-order valence-corrected chi connectivity index (χ1v) is 4.76. The summed E-state index contributed by atoms with van der Waals surface area (Å²) < 4.78 is 0. The van der Waals surface area contributed by atoms with Crippen molar-refractivity contribution in [2.24, 2.45) is 5.16 Å². The lowest BCUT2D eigenvalue weighted by molar-refractivity contribution is -0.129. The SMILES string of the molecule is O=C(O)C1=NOC(c2ccc(Cl)cc2)C1. The maximum Gasteiger partial charge on any atom is 0.353 e. The van der Waals surface area contributed by atoms with Gasteiger partial charge in [0.05, 0.1) is 0 Å². The first kappa shape index (κ1) is 9.98. The number of nitrogens with zero attached hydrogens (tertiary/aromatic N) is 1. The molecule has 0 aromatic heterocycles. The van der Waals surface area contributed by atoms with Crippen molar-refractivity contribution in [3.05, 3.63) is 34.9 Å². The highest BCUT2D eigenvalue weighted by Crippen LogP contribution is 2.27. The number of aliphatic carboxylic acids is 1. The molecule has 1 aliphatic heterocycles. The van der Waals surface area contributed by atoms with Crippen LogP contribution >= 0.6 is 11.6 Å². The lowest BCUT2D eigenvalue weighted by atomic mass is 10.0. The summed E-state index contributed by atoms with van der Waals surface area (Å²) in [5.74, 6) is -1.04. The van der Waals surface area contributed by atoms with E-state index in [-0.39, 0.29) is 18.2 Å². The van der Waals surface area contributed by atoms with Crippen LogP contribution in [0.2, 0.25) is 5.02 Å². The number of oxime groups is 1. The van der Waals surface area contributed by atoms with Gasteiger partial charge in [-0.15, -0.1) is 0 Å². The Kier molecular flexibility index (Phi) is 2.60. The van der Waals surface area contributed by atoms with Crippen LogP contribution in [0.15, 0.2) is 29.4 Å². The number of carbonyl (C=O) groups is 1. The fourth-order valence-electron chi connectivity index (χ4n) is 1.36. The Balaban J connectivity index is 2.10. The van der Waals surface area contributed by atoms with Crippen molar-refractivity contribution in [1.82, 2.24) is 0 Å². The lowest BCUT2D eigenvalue weighted by Gasteiger charge is -2.07. The molecule has 0 amide bonds.